The molecule has 1 aromatic carbocycles. The summed E-state index contributed by atoms with van der Waals surface area (Å²) in [6.07, 6.45) is 4.66. The van der Waals surface area contributed by atoms with Crippen molar-refractivity contribution < 1.29 is 4.74 Å². The minimum absolute atomic E-state index is 0. The molecule has 0 unspecified atom stereocenters. The Kier molecular flexibility index (Phi) is 10.9. The largest absolute Gasteiger partial charge is 0.380 e. The molecule has 0 saturated heterocycles. The van der Waals surface area contributed by atoms with Crippen molar-refractivity contribution in [2.24, 2.45) is 4.99 Å². The number of benzene rings is 1. The third-order valence-corrected chi connectivity index (χ3v) is 3.47. The zero-order valence-corrected chi connectivity index (χ0v) is 17.3. The Morgan fingerprint density at radius 1 is 1.20 bits per heavy atom. The molecule has 0 aliphatic heterocycles. The Bertz CT molecular complexity index is 598. The van der Waals surface area contributed by atoms with Gasteiger partial charge in [-0.2, -0.15) is 5.10 Å². The second-order valence-electron chi connectivity index (χ2n) is 5.25. The van der Waals surface area contributed by atoms with Crippen LogP contribution >= 0.6 is 24.0 Å². The van der Waals surface area contributed by atoms with Crippen LogP contribution < -0.4 is 10.6 Å². The van der Waals surface area contributed by atoms with E-state index in [1.807, 2.05) is 23.9 Å². The number of rotatable bonds is 9. The highest BCUT2D eigenvalue weighted by Gasteiger charge is 1.99. The average molecular weight is 457 g/mol. The second kappa shape index (κ2) is 12.7. The van der Waals surface area contributed by atoms with Crippen molar-refractivity contribution in [1.82, 2.24) is 20.4 Å². The number of aromatic nitrogens is 2. The smallest absolute Gasteiger partial charge is 0.191 e. The molecule has 7 heteroatoms. The van der Waals surface area contributed by atoms with Crippen LogP contribution in [0.4, 0.5) is 0 Å². The van der Waals surface area contributed by atoms with Crippen LogP contribution in [0.5, 0.6) is 0 Å². The molecule has 0 bridgehead atoms. The summed E-state index contributed by atoms with van der Waals surface area (Å²) in [5, 5.41) is 10.8. The Balaban J connectivity index is 0.00000312. The van der Waals surface area contributed by atoms with Gasteiger partial charge in [0.1, 0.15) is 0 Å². The molecule has 2 N–H and O–H groups in total. The highest BCUT2D eigenvalue weighted by Crippen LogP contribution is 2.08. The van der Waals surface area contributed by atoms with Gasteiger partial charge < -0.3 is 15.4 Å². The van der Waals surface area contributed by atoms with E-state index < -0.39 is 0 Å². The molecule has 25 heavy (non-hydrogen) atoms. The van der Waals surface area contributed by atoms with Gasteiger partial charge in [-0.1, -0.05) is 12.1 Å². The molecular formula is C18H28IN5O. The lowest BCUT2D eigenvalue weighted by atomic mass is 10.1. The van der Waals surface area contributed by atoms with Crippen LogP contribution in [0.25, 0.3) is 5.69 Å². The number of nitrogens with one attached hydrogen (secondary N) is 2. The van der Waals surface area contributed by atoms with E-state index in [4.69, 9.17) is 4.74 Å². The minimum atomic E-state index is 0. The van der Waals surface area contributed by atoms with E-state index in [1.165, 1.54) is 5.56 Å². The van der Waals surface area contributed by atoms with E-state index in [9.17, 15) is 0 Å². The normalized spacial score (nSPS) is 11.0. The van der Waals surface area contributed by atoms with Gasteiger partial charge in [0.15, 0.2) is 5.96 Å². The van der Waals surface area contributed by atoms with Crippen molar-refractivity contribution in [3.05, 3.63) is 48.3 Å². The molecule has 2 rings (SSSR count). The van der Waals surface area contributed by atoms with Gasteiger partial charge in [0.2, 0.25) is 0 Å². The average Bonchev–Trinajstić information content (AvgIpc) is 3.14. The molecule has 0 aliphatic carbocycles. The summed E-state index contributed by atoms with van der Waals surface area (Å²) in [7, 11) is 0. The van der Waals surface area contributed by atoms with E-state index in [2.05, 4.69) is 51.9 Å². The molecule has 2 aromatic rings. The lowest BCUT2D eigenvalue weighted by Gasteiger charge is -2.11. The summed E-state index contributed by atoms with van der Waals surface area (Å²) in [5.41, 5.74) is 2.35. The monoisotopic (exact) mass is 457 g/mol. The van der Waals surface area contributed by atoms with Gasteiger partial charge in [0, 0.05) is 32.1 Å². The lowest BCUT2D eigenvalue weighted by molar-refractivity contribution is 0.155. The van der Waals surface area contributed by atoms with Crippen LogP contribution in [0.2, 0.25) is 0 Å². The van der Waals surface area contributed by atoms with Crippen LogP contribution in [-0.4, -0.2) is 48.6 Å². The zero-order valence-electron chi connectivity index (χ0n) is 14.9. The number of nitrogens with zero attached hydrogens (tertiary/aromatic N) is 3. The van der Waals surface area contributed by atoms with Crippen LogP contribution in [0.1, 0.15) is 19.4 Å². The van der Waals surface area contributed by atoms with Gasteiger partial charge in [0.05, 0.1) is 18.8 Å². The maximum atomic E-state index is 5.31. The van der Waals surface area contributed by atoms with Crippen molar-refractivity contribution in [2.45, 2.75) is 20.3 Å². The molecule has 0 radical (unpaired) electrons. The van der Waals surface area contributed by atoms with Crippen LogP contribution in [-0.2, 0) is 11.2 Å². The van der Waals surface area contributed by atoms with Crippen molar-refractivity contribution in [3.8, 4) is 5.69 Å². The van der Waals surface area contributed by atoms with Gasteiger partial charge >= 0.3 is 0 Å². The fourth-order valence-electron chi connectivity index (χ4n) is 2.27. The van der Waals surface area contributed by atoms with Gasteiger partial charge in [-0.05, 0) is 44.0 Å². The molecule has 0 atom stereocenters. The number of halogens is 1. The zero-order chi connectivity index (χ0) is 17.0. The molecule has 0 fully saturated rings. The fraction of sp³-hybridized carbons (Fsp3) is 0.444. The van der Waals surface area contributed by atoms with Crippen molar-refractivity contribution >= 4 is 29.9 Å². The van der Waals surface area contributed by atoms with Gasteiger partial charge in [-0.25, -0.2) is 4.68 Å². The Labute approximate surface area is 167 Å². The van der Waals surface area contributed by atoms with Crippen molar-refractivity contribution in [2.75, 3.05) is 32.8 Å². The highest BCUT2D eigenvalue weighted by atomic mass is 127. The second-order valence-corrected chi connectivity index (χ2v) is 5.25. The van der Waals surface area contributed by atoms with Gasteiger partial charge in [-0.3, -0.25) is 4.99 Å². The summed E-state index contributed by atoms with van der Waals surface area (Å²) < 4.78 is 7.17. The predicted molar refractivity (Wildman–Crippen MR) is 113 cm³/mol. The van der Waals surface area contributed by atoms with E-state index in [1.54, 1.807) is 6.20 Å². The predicted octanol–water partition coefficient (Wildman–Crippen LogP) is 2.62. The molecule has 0 aliphatic rings. The van der Waals surface area contributed by atoms with Crippen molar-refractivity contribution in [3.63, 3.8) is 0 Å². The lowest BCUT2D eigenvalue weighted by Crippen LogP contribution is -2.38. The maximum Gasteiger partial charge on any atom is 0.191 e. The minimum Gasteiger partial charge on any atom is -0.380 e. The number of aliphatic imine (C=N–C) groups is 1. The summed E-state index contributed by atoms with van der Waals surface area (Å²) >= 11 is 0. The molecule has 1 heterocycles. The standard InChI is InChI=1S/C18H27N5O.HI/c1-3-19-18(21-13-15-24-4-2)20-12-10-16-6-8-17(9-7-16)23-14-5-11-22-23;/h5-9,11,14H,3-4,10,12-13,15H2,1-2H3,(H2,19,20,21);1H. The first-order valence-corrected chi connectivity index (χ1v) is 8.52. The van der Waals surface area contributed by atoms with E-state index in [-0.39, 0.29) is 24.0 Å². The first-order chi connectivity index (χ1) is 11.8. The SMILES string of the molecule is CCNC(=NCCOCC)NCCc1ccc(-n2cccn2)cc1.I. The molecule has 0 amide bonds. The molecular weight excluding hydrogens is 429 g/mol. The van der Waals surface area contributed by atoms with Gasteiger partial charge in [0.25, 0.3) is 0 Å². The molecule has 1 aromatic heterocycles. The molecule has 6 nitrogen and oxygen atoms in total. The van der Waals surface area contributed by atoms with Crippen LogP contribution in [0.3, 0.4) is 0 Å². The van der Waals surface area contributed by atoms with Crippen LogP contribution in [0, 0.1) is 0 Å². The number of hydrogen-bond donors (Lipinski definition) is 2. The summed E-state index contributed by atoms with van der Waals surface area (Å²) in [6.45, 7) is 7.79. The first kappa shape index (κ1) is 21.4. The number of guanidine groups is 1. The Morgan fingerprint density at radius 3 is 2.64 bits per heavy atom. The van der Waals surface area contributed by atoms with Crippen LogP contribution in [0.15, 0.2) is 47.7 Å². The summed E-state index contributed by atoms with van der Waals surface area (Å²) in [6, 6.07) is 10.4. The summed E-state index contributed by atoms with van der Waals surface area (Å²) in [5.74, 6) is 0.838. The summed E-state index contributed by atoms with van der Waals surface area (Å²) in [4.78, 5) is 4.49. The third-order valence-electron chi connectivity index (χ3n) is 3.47. The number of hydrogen-bond acceptors (Lipinski definition) is 3. The van der Waals surface area contributed by atoms with E-state index in [0.29, 0.717) is 13.2 Å². The molecule has 138 valence electrons. The van der Waals surface area contributed by atoms with Gasteiger partial charge in [-0.15, -0.1) is 24.0 Å². The number of ether oxygens (including phenoxy) is 1. The first-order valence-electron chi connectivity index (χ1n) is 8.52. The maximum absolute atomic E-state index is 5.31. The third kappa shape index (κ3) is 7.87. The molecule has 0 spiro atoms. The van der Waals surface area contributed by atoms with E-state index in [0.717, 1.165) is 37.8 Å². The quantitative estimate of drug-likeness (QED) is 0.263. The molecule has 0 saturated carbocycles. The van der Waals surface area contributed by atoms with E-state index >= 15 is 0 Å². The Hall–Kier alpha value is -1.61. The topological polar surface area (TPSA) is 63.5 Å². The fourth-order valence-corrected chi connectivity index (χ4v) is 2.27. The van der Waals surface area contributed by atoms with Crippen molar-refractivity contribution in [1.29, 1.82) is 0 Å². The highest BCUT2D eigenvalue weighted by molar-refractivity contribution is 14.0. The Morgan fingerprint density at radius 2 is 2.00 bits per heavy atom.